The fraction of sp³-hybridized carbons (Fsp3) is 0.571. The minimum atomic E-state index is -3.36. The van der Waals surface area contributed by atoms with Gasteiger partial charge in [0.1, 0.15) is 0 Å². The van der Waals surface area contributed by atoms with Gasteiger partial charge in [-0.2, -0.15) is 0 Å². The summed E-state index contributed by atoms with van der Waals surface area (Å²) in [5.41, 5.74) is 2.10. The molecule has 1 saturated carbocycles. The van der Waals surface area contributed by atoms with Gasteiger partial charge in [-0.1, -0.05) is 25.0 Å². The van der Waals surface area contributed by atoms with Crippen LogP contribution in [0.5, 0.6) is 0 Å². The minimum Gasteiger partial charge on any atom is -0.312 e. The van der Waals surface area contributed by atoms with Crippen molar-refractivity contribution >= 4 is 10.0 Å². The summed E-state index contributed by atoms with van der Waals surface area (Å²) in [5.74, 6) is 0. The second-order valence-corrected chi connectivity index (χ2v) is 7.11. The van der Waals surface area contributed by atoms with Crippen molar-refractivity contribution in [2.75, 3.05) is 6.54 Å². The average molecular weight is 280 g/mol. The van der Waals surface area contributed by atoms with Gasteiger partial charge in [0, 0.05) is 12.6 Å². The fourth-order valence-corrected chi connectivity index (χ4v) is 4.69. The molecule has 0 unspecified atom stereocenters. The molecule has 1 heterocycles. The largest absolute Gasteiger partial charge is 0.312 e. The van der Waals surface area contributed by atoms with E-state index in [1.165, 1.54) is 0 Å². The first-order valence-corrected chi connectivity index (χ1v) is 8.49. The van der Waals surface area contributed by atoms with E-state index in [-0.39, 0.29) is 6.04 Å². The Morgan fingerprint density at radius 2 is 2.00 bits per heavy atom. The van der Waals surface area contributed by atoms with Gasteiger partial charge in [0.2, 0.25) is 10.0 Å². The Morgan fingerprint density at radius 3 is 2.79 bits per heavy atom. The Labute approximate surface area is 114 Å². The molecule has 1 aliphatic heterocycles. The normalized spacial score (nSPS) is 20.4. The maximum atomic E-state index is 12.5. The van der Waals surface area contributed by atoms with E-state index in [0.717, 1.165) is 56.3 Å². The predicted molar refractivity (Wildman–Crippen MR) is 74.4 cm³/mol. The Bertz CT molecular complexity index is 563. The van der Waals surface area contributed by atoms with E-state index in [9.17, 15) is 8.42 Å². The second kappa shape index (κ2) is 5.23. The number of hydrogen-bond donors (Lipinski definition) is 2. The molecule has 3 rings (SSSR count). The molecule has 0 saturated heterocycles. The lowest BCUT2D eigenvalue weighted by Crippen LogP contribution is -2.34. The SMILES string of the molecule is O=S(=O)(NC1CCCC1)c1cccc2c1CCNC2. The van der Waals surface area contributed by atoms with E-state index in [0.29, 0.717) is 4.90 Å². The molecule has 0 bridgehead atoms. The summed E-state index contributed by atoms with van der Waals surface area (Å²) in [5, 5.41) is 3.28. The second-order valence-electron chi connectivity index (χ2n) is 5.42. The first-order chi connectivity index (χ1) is 9.17. The minimum absolute atomic E-state index is 0.127. The van der Waals surface area contributed by atoms with Gasteiger partial charge in [-0.05, 0) is 43.0 Å². The zero-order valence-corrected chi connectivity index (χ0v) is 11.8. The van der Waals surface area contributed by atoms with Crippen molar-refractivity contribution in [3.63, 3.8) is 0 Å². The molecule has 2 N–H and O–H groups in total. The Balaban J connectivity index is 1.92. The van der Waals surface area contributed by atoms with Crippen LogP contribution in [0.15, 0.2) is 23.1 Å². The summed E-state index contributed by atoms with van der Waals surface area (Å²) in [4.78, 5) is 0.485. The van der Waals surface area contributed by atoms with Crippen LogP contribution in [0.3, 0.4) is 0 Å². The van der Waals surface area contributed by atoms with E-state index in [1.807, 2.05) is 12.1 Å². The highest BCUT2D eigenvalue weighted by atomic mass is 32.2. The van der Waals surface area contributed by atoms with Crippen LogP contribution in [0.25, 0.3) is 0 Å². The van der Waals surface area contributed by atoms with Crippen molar-refractivity contribution in [2.45, 2.75) is 49.6 Å². The van der Waals surface area contributed by atoms with Crippen LogP contribution >= 0.6 is 0 Å². The standard InChI is InChI=1S/C14H20N2O2S/c17-19(18,16-12-5-1-2-6-12)14-7-3-4-11-10-15-9-8-13(11)14/h3-4,7,12,15-16H,1-2,5-6,8-10H2. The van der Waals surface area contributed by atoms with Crippen LogP contribution < -0.4 is 10.0 Å². The summed E-state index contributed by atoms with van der Waals surface area (Å²) in [6.45, 7) is 1.62. The van der Waals surface area contributed by atoms with Gasteiger partial charge in [0.05, 0.1) is 4.90 Å². The average Bonchev–Trinajstić information content (AvgIpc) is 2.90. The third-order valence-corrected chi connectivity index (χ3v) is 5.67. The molecular weight excluding hydrogens is 260 g/mol. The highest BCUT2D eigenvalue weighted by Crippen LogP contribution is 2.25. The summed E-state index contributed by atoms with van der Waals surface area (Å²) in [6.07, 6.45) is 4.98. The molecule has 1 fully saturated rings. The van der Waals surface area contributed by atoms with Crippen LogP contribution in [0.1, 0.15) is 36.8 Å². The molecule has 1 aromatic carbocycles. The molecule has 19 heavy (non-hydrogen) atoms. The maximum Gasteiger partial charge on any atom is 0.241 e. The third kappa shape index (κ3) is 2.68. The molecule has 1 aromatic rings. The quantitative estimate of drug-likeness (QED) is 0.883. The van der Waals surface area contributed by atoms with Crippen LogP contribution in [0, 0.1) is 0 Å². The molecule has 0 atom stereocenters. The van der Waals surface area contributed by atoms with E-state index < -0.39 is 10.0 Å². The first-order valence-electron chi connectivity index (χ1n) is 7.00. The Hall–Kier alpha value is -0.910. The van der Waals surface area contributed by atoms with Gasteiger partial charge < -0.3 is 5.32 Å². The van der Waals surface area contributed by atoms with E-state index >= 15 is 0 Å². The van der Waals surface area contributed by atoms with Crippen molar-refractivity contribution in [1.82, 2.24) is 10.0 Å². The number of rotatable bonds is 3. The summed E-state index contributed by atoms with van der Waals surface area (Å²) in [7, 11) is -3.36. The molecule has 4 nitrogen and oxygen atoms in total. The highest BCUT2D eigenvalue weighted by molar-refractivity contribution is 7.89. The van der Waals surface area contributed by atoms with Crippen molar-refractivity contribution in [2.24, 2.45) is 0 Å². The predicted octanol–water partition coefficient (Wildman–Crippen LogP) is 1.55. The monoisotopic (exact) mass is 280 g/mol. The van der Waals surface area contributed by atoms with Crippen molar-refractivity contribution in [3.05, 3.63) is 29.3 Å². The lowest BCUT2D eigenvalue weighted by atomic mass is 10.0. The molecule has 2 aliphatic rings. The molecule has 5 heteroatoms. The zero-order valence-electron chi connectivity index (χ0n) is 11.0. The number of hydrogen-bond acceptors (Lipinski definition) is 3. The fourth-order valence-electron chi connectivity index (χ4n) is 3.08. The molecule has 0 radical (unpaired) electrons. The summed E-state index contributed by atoms with van der Waals surface area (Å²) in [6, 6.07) is 5.72. The van der Waals surface area contributed by atoms with Gasteiger partial charge >= 0.3 is 0 Å². The number of nitrogens with one attached hydrogen (secondary N) is 2. The number of fused-ring (bicyclic) bond motifs is 1. The lowest BCUT2D eigenvalue weighted by Gasteiger charge is -2.21. The Morgan fingerprint density at radius 1 is 1.21 bits per heavy atom. The topological polar surface area (TPSA) is 58.2 Å². The lowest BCUT2D eigenvalue weighted by molar-refractivity contribution is 0.548. The van der Waals surface area contributed by atoms with Gasteiger partial charge in [-0.15, -0.1) is 0 Å². The molecule has 0 spiro atoms. The maximum absolute atomic E-state index is 12.5. The highest BCUT2D eigenvalue weighted by Gasteiger charge is 2.26. The Kier molecular flexibility index (Phi) is 3.60. The van der Waals surface area contributed by atoms with Gasteiger partial charge in [0.25, 0.3) is 0 Å². The third-order valence-electron chi connectivity index (χ3n) is 4.06. The smallest absolute Gasteiger partial charge is 0.241 e. The zero-order chi connectivity index (χ0) is 13.3. The molecule has 0 amide bonds. The molecule has 0 aromatic heterocycles. The van der Waals surface area contributed by atoms with Crippen molar-refractivity contribution in [3.8, 4) is 0 Å². The number of sulfonamides is 1. The van der Waals surface area contributed by atoms with E-state index in [4.69, 9.17) is 0 Å². The van der Waals surface area contributed by atoms with E-state index in [1.54, 1.807) is 6.07 Å². The summed E-state index contributed by atoms with van der Waals surface area (Å²) < 4.78 is 27.9. The number of benzene rings is 1. The van der Waals surface area contributed by atoms with Gasteiger partial charge in [-0.3, -0.25) is 0 Å². The van der Waals surface area contributed by atoms with Crippen LogP contribution in [0.2, 0.25) is 0 Å². The van der Waals surface area contributed by atoms with E-state index in [2.05, 4.69) is 10.0 Å². The van der Waals surface area contributed by atoms with Crippen LogP contribution in [-0.2, 0) is 23.0 Å². The first kappa shape index (κ1) is 13.1. The van der Waals surface area contributed by atoms with Crippen molar-refractivity contribution < 1.29 is 8.42 Å². The van der Waals surface area contributed by atoms with Crippen molar-refractivity contribution in [1.29, 1.82) is 0 Å². The summed E-state index contributed by atoms with van der Waals surface area (Å²) >= 11 is 0. The molecular formula is C14H20N2O2S. The molecule has 104 valence electrons. The van der Waals surface area contributed by atoms with Gasteiger partial charge in [0.15, 0.2) is 0 Å². The molecule has 1 aliphatic carbocycles. The van der Waals surface area contributed by atoms with Gasteiger partial charge in [-0.25, -0.2) is 13.1 Å². The van der Waals surface area contributed by atoms with Crippen LogP contribution in [-0.4, -0.2) is 21.0 Å². The van der Waals surface area contributed by atoms with Crippen LogP contribution in [0.4, 0.5) is 0 Å².